The Morgan fingerprint density at radius 1 is 1.22 bits per heavy atom. The first-order valence-corrected chi connectivity index (χ1v) is 8.25. The minimum absolute atomic E-state index is 0.307. The monoisotopic (exact) mass is 371 g/mol. The number of ketones is 1. The molecule has 116 valence electrons. The van der Waals surface area contributed by atoms with Crippen LogP contribution in [-0.4, -0.2) is 25.4 Å². The minimum Gasteiger partial charge on any atom is -0.337 e. The zero-order chi connectivity index (χ0) is 15.8. The lowest BCUT2D eigenvalue weighted by Crippen LogP contribution is -2.03. The highest BCUT2D eigenvalue weighted by Crippen LogP contribution is 2.25. The SMILES string of the molecule is O=C1CCCc2ccc(Nc3nc(Br)cn4ncnc34)cc2C1. The fraction of sp³-hybridized carbons (Fsp3) is 0.250. The van der Waals surface area contributed by atoms with Crippen molar-refractivity contribution in [2.45, 2.75) is 25.7 Å². The largest absolute Gasteiger partial charge is 0.337 e. The predicted molar refractivity (Wildman–Crippen MR) is 89.9 cm³/mol. The van der Waals surface area contributed by atoms with Gasteiger partial charge in [0.25, 0.3) is 0 Å². The van der Waals surface area contributed by atoms with Crippen LogP contribution >= 0.6 is 15.9 Å². The molecule has 6 nitrogen and oxygen atoms in total. The van der Waals surface area contributed by atoms with Gasteiger partial charge < -0.3 is 5.32 Å². The van der Waals surface area contributed by atoms with Crippen molar-refractivity contribution in [1.29, 1.82) is 0 Å². The number of carbonyl (C=O) groups is 1. The van der Waals surface area contributed by atoms with Gasteiger partial charge in [0.2, 0.25) is 0 Å². The van der Waals surface area contributed by atoms with Crippen LogP contribution in [-0.2, 0) is 17.6 Å². The fourth-order valence-corrected chi connectivity index (χ4v) is 3.28. The summed E-state index contributed by atoms with van der Waals surface area (Å²) >= 11 is 3.38. The third-order valence-corrected chi connectivity index (χ3v) is 4.37. The van der Waals surface area contributed by atoms with Crippen LogP contribution in [0.3, 0.4) is 0 Å². The lowest BCUT2D eigenvalue weighted by atomic mass is 10.0. The van der Waals surface area contributed by atoms with Crippen molar-refractivity contribution in [2.75, 3.05) is 5.32 Å². The van der Waals surface area contributed by atoms with Crippen molar-refractivity contribution in [2.24, 2.45) is 0 Å². The average molecular weight is 372 g/mol. The first-order valence-electron chi connectivity index (χ1n) is 7.45. The zero-order valence-corrected chi connectivity index (χ0v) is 13.9. The Hall–Kier alpha value is -2.28. The van der Waals surface area contributed by atoms with Gasteiger partial charge in [-0.2, -0.15) is 5.10 Å². The quantitative estimate of drug-likeness (QED) is 0.700. The molecule has 0 unspecified atom stereocenters. The van der Waals surface area contributed by atoms with E-state index in [1.54, 1.807) is 10.7 Å². The van der Waals surface area contributed by atoms with E-state index < -0.39 is 0 Å². The van der Waals surface area contributed by atoms with Crippen LogP contribution < -0.4 is 5.32 Å². The molecule has 7 heteroatoms. The van der Waals surface area contributed by atoms with Crippen LogP contribution in [0.4, 0.5) is 11.5 Å². The van der Waals surface area contributed by atoms with Crippen LogP contribution in [0.5, 0.6) is 0 Å². The maximum Gasteiger partial charge on any atom is 0.198 e. The van der Waals surface area contributed by atoms with Gasteiger partial charge in [0.05, 0.1) is 6.20 Å². The van der Waals surface area contributed by atoms with E-state index >= 15 is 0 Å². The van der Waals surface area contributed by atoms with Crippen LogP contribution in [0.1, 0.15) is 24.0 Å². The first kappa shape index (κ1) is 14.3. The summed E-state index contributed by atoms with van der Waals surface area (Å²) in [6.45, 7) is 0. The lowest BCUT2D eigenvalue weighted by Gasteiger charge is -2.11. The third kappa shape index (κ3) is 2.84. The number of rotatable bonds is 2. The number of benzene rings is 1. The molecule has 0 saturated heterocycles. The van der Waals surface area contributed by atoms with Gasteiger partial charge in [-0.1, -0.05) is 6.07 Å². The fourth-order valence-electron chi connectivity index (χ4n) is 2.91. The van der Waals surface area contributed by atoms with Crippen molar-refractivity contribution in [3.05, 3.63) is 46.5 Å². The smallest absolute Gasteiger partial charge is 0.198 e. The molecule has 4 rings (SSSR count). The summed E-state index contributed by atoms with van der Waals surface area (Å²) in [5, 5.41) is 7.41. The molecule has 0 bridgehead atoms. The molecule has 1 aromatic carbocycles. The van der Waals surface area contributed by atoms with Gasteiger partial charge in [-0.25, -0.2) is 14.5 Å². The van der Waals surface area contributed by atoms with Gasteiger partial charge in [0, 0.05) is 18.5 Å². The van der Waals surface area contributed by atoms with E-state index in [-0.39, 0.29) is 0 Å². The molecule has 0 aliphatic heterocycles. The molecule has 0 saturated carbocycles. The molecule has 3 aromatic rings. The Labute approximate surface area is 141 Å². The third-order valence-electron chi connectivity index (χ3n) is 3.99. The molecule has 1 aliphatic carbocycles. The van der Waals surface area contributed by atoms with Crippen molar-refractivity contribution in [3.8, 4) is 0 Å². The molecule has 23 heavy (non-hydrogen) atoms. The number of hydrogen-bond donors (Lipinski definition) is 1. The van der Waals surface area contributed by atoms with Crippen molar-refractivity contribution in [1.82, 2.24) is 19.6 Å². The van der Waals surface area contributed by atoms with Gasteiger partial charge in [-0.3, -0.25) is 4.79 Å². The number of anilines is 2. The number of halogens is 1. The lowest BCUT2D eigenvalue weighted by molar-refractivity contribution is -0.118. The summed E-state index contributed by atoms with van der Waals surface area (Å²) in [4.78, 5) is 20.5. The molecule has 1 N–H and O–H groups in total. The summed E-state index contributed by atoms with van der Waals surface area (Å²) in [6.07, 6.45) is 6.33. The van der Waals surface area contributed by atoms with Crippen molar-refractivity contribution >= 4 is 38.9 Å². The van der Waals surface area contributed by atoms with Gasteiger partial charge >= 0.3 is 0 Å². The van der Waals surface area contributed by atoms with Crippen LogP contribution in [0.2, 0.25) is 0 Å². The van der Waals surface area contributed by atoms with E-state index in [1.807, 2.05) is 12.1 Å². The summed E-state index contributed by atoms with van der Waals surface area (Å²) in [6, 6.07) is 6.15. The van der Waals surface area contributed by atoms with E-state index in [9.17, 15) is 4.79 Å². The van der Waals surface area contributed by atoms with Crippen molar-refractivity contribution < 1.29 is 4.79 Å². The Morgan fingerprint density at radius 3 is 3.04 bits per heavy atom. The number of aromatic nitrogens is 4. The Balaban J connectivity index is 1.71. The van der Waals surface area contributed by atoms with E-state index in [0.29, 0.717) is 34.7 Å². The van der Waals surface area contributed by atoms with E-state index in [2.05, 4.69) is 42.4 Å². The van der Waals surface area contributed by atoms with Crippen LogP contribution in [0.25, 0.3) is 5.65 Å². The summed E-state index contributed by atoms with van der Waals surface area (Å²) in [7, 11) is 0. The highest BCUT2D eigenvalue weighted by molar-refractivity contribution is 9.10. The van der Waals surface area contributed by atoms with E-state index in [0.717, 1.165) is 24.1 Å². The second-order valence-electron chi connectivity index (χ2n) is 5.62. The number of fused-ring (bicyclic) bond motifs is 2. The molecular weight excluding hydrogens is 358 g/mol. The maximum absolute atomic E-state index is 11.8. The molecule has 0 amide bonds. The second-order valence-corrected chi connectivity index (χ2v) is 6.43. The molecule has 2 aromatic heterocycles. The second kappa shape index (κ2) is 5.73. The van der Waals surface area contributed by atoms with Gasteiger partial charge in [-0.15, -0.1) is 0 Å². The topological polar surface area (TPSA) is 72.2 Å². The number of hydrogen-bond acceptors (Lipinski definition) is 5. The van der Waals surface area contributed by atoms with E-state index in [1.165, 1.54) is 11.9 Å². The number of nitrogens with zero attached hydrogens (tertiary/aromatic N) is 4. The predicted octanol–water partition coefficient (Wildman–Crippen LogP) is 3.08. The van der Waals surface area contributed by atoms with Crippen LogP contribution in [0, 0.1) is 0 Å². The summed E-state index contributed by atoms with van der Waals surface area (Å²) in [5.41, 5.74) is 3.91. The number of nitrogens with one attached hydrogen (secondary N) is 1. The molecule has 0 fully saturated rings. The number of aryl methyl sites for hydroxylation is 1. The Bertz CT molecular complexity index is 905. The first-order chi connectivity index (χ1) is 11.2. The molecule has 0 radical (unpaired) electrons. The Morgan fingerprint density at radius 2 is 2.13 bits per heavy atom. The minimum atomic E-state index is 0.307. The highest BCUT2D eigenvalue weighted by atomic mass is 79.9. The molecule has 0 atom stereocenters. The molecule has 2 heterocycles. The standard InChI is InChI=1S/C16H14BrN5O/c17-14-8-22-16(18-9-19-22)15(21-14)20-12-5-4-10-2-1-3-13(23)7-11(10)6-12/h4-6,8-9H,1-3,7H2,(H,20,21). The maximum atomic E-state index is 11.8. The summed E-state index contributed by atoms with van der Waals surface area (Å²) in [5.74, 6) is 0.929. The van der Waals surface area contributed by atoms with Gasteiger partial charge in [-0.05, 0) is 52.0 Å². The zero-order valence-electron chi connectivity index (χ0n) is 12.3. The van der Waals surface area contributed by atoms with Crippen molar-refractivity contribution in [3.63, 3.8) is 0 Å². The Kier molecular flexibility index (Phi) is 3.57. The molecule has 0 spiro atoms. The van der Waals surface area contributed by atoms with Gasteiger partial charge in [0.1, 0.15) is 16.7 Å². The van der Waals surface area contributed by atoms with E-state index in [4.69, 9.17) is 0 Å². The molecular formula is C16H14BrN5O. The average Bonchev–Trinajstić information content (AvgIpc) is 2.89. The number of carbonyl (C=O) groups excluding carboxylic acids is 1. The molecule has 1 aliphatic rings. The number of Topliss-reactive ketones (excluding diaryl/α,β-unsaturated/α-hetero) is 1. The van der Waals surface area contributed by atoms with Crippen LogP contribution in [0.15, 0.2) is 35.3 Å². The highest BCUT2D eigenvalue weighted by Gasteiger charge is 2.15. The van der Waals surface area contributed by atoms with Gasteiger partial charge in [0.15, 0.2) is 11.5 Å². The normalized spacial score (nSPS) is 14.6. The summed E-state index contributed by atoms with van der Waals surface area (Å²) < 4.78 is 2.33.